The van der Waals surface area contributed by atoms with Gasteiger partial charge in [-0.2, -0.15) is 0 Å². The number of nitrogens with one attached hydrogen (secondary N) is 4. The number of hydrogen-bond donors (Lipinski definition) is 6. The fraction of sp³-hybridized carbons (Fsp3) is 0.575. The molecule has 4 amide bonds. The molecule has 2 aromatic carbocycles. The van der Waals surface area contributed by atoms with E-state index >= 15 is 0 Å². The second-order valence-corrected chi connectivity index (χ2v) is 15.0. The van der Waals surface area contributed by atoms with E-state index in [2.05, 4.69) is 21.3 Å². The van der Waals surface area contributed by atoms with E-state index in [9.17, 15) is 34.2 Å². The summed E-state index contributed by atoms with van der Waals surface area (Å²) >= 11 is 0. The fourth-order valence-corrected chi connectivity index (χ4v) is 6.16. The SMILES string of the molecule is CC(C)C[C@@H](NC(=O)[C@H](CCc1ccccc1)NC(=O)CN1CCOCC1)C(=O)N[C@@H](Cc1ccccc1)C(=O)N[C@H](CC(C)C)C(=O)[C@@](C)(O)CO. The van der Waals surface area contributed by atoms with Gasteiger partial charge >= 0.3 is 0 Å². The first-order valence-electron chi connectivity index (χ1n) is 18.6. The molecular weight excluding hydrogens is 678 g/mol. The molecular formula is C40H59N5O8. The van der Waals surface area contributed by atoms with Gasteiger partial charge < -0.3 is 36.2 Å². The molecule has 1 fully saturated rings. The van der Waals surface area contributed by atoms with Crippen molar-refractivity contribution in [2.45, 2.75) is 96.5 Å². The fourth-order valence-electron chi connectivity index (χ4n) is 6.16. The Balaban J connectivity index is 1.84. The first-order chi connectivity index (χ1) is 25.2. The lowest BCUT2D eigenvalue weighted by Crippen LogP contribution is -2.60. The number of aryl methyl sites for hydroxylation is 1. The maximum atomic E-state index is 14.1. The largest absolute Gasteiger partial charge is 0.393 e. The summed E-state index contributed by atoms with van der Waals surface area (Å²) in [5, 5.41) is 31.5. The number of aliphatic hydroxyl groups is 2. The average molecular weight is 738 g/mol. The summed E-state index contributed by atoms with van der Waals surface area (Å²) in [5.41, 5.74) is -0.337. The molecule has 1 aliphatic rings. The monoisotopic (exact) mass is 737 g/mol. The third kappa shape index (κ3) is 15.0. The number of amides is 4. The van der Waals surface area contributed by atoms with Crippen LogP contribution in [0.2, 0.25) is 0 Å². The summed E-state index contributed by atoms with van der Waals surface area (Å²) in [6.45, 7) is 10.3. The number of hydrogen-bond acceptors (Lipinski definition) is 9. The van der Waals surface area contributed by atoms with Crippen LogP contribution in [0.5, 0.6) is 0 Å². The molecule has 53 heavy (non-hydrogen) atoms. The molecule has 1 heterocycles. The molecule has 2 aromatic rings. The normalized spacial score (nSPS) is 16.8. The van der Waals surface area contributed by atoms with E-state index in [0.29, 0.717) is 39.1 Å². The zero-order chi connectivity index (χ0) is 39.0. The third-order valence-corrected chi connectivity index (χ3v) is 9.12. The Kier molecular flexibility index (Phi) is 17.5. The third-order valence-electron chi connectivity index (χ3n) is 9.12. The summed E-state index contributed by atoms with van der Waals surface area (Å²) in [7, 11) is 0. The zero-order valence-electron chi connectivity index (χ0n) is 31.8. The van der Waals surface area contributed by atoms with Gasteiger partial charge in [0.2, 0.25) is 23.6 Å². The molecule has 3 rings (SSSR count). The van der Waals surface area contributed by atoms with Crippen LogP contribution < -0.4 is 21.3 Å². The lowest BCUT2D eigenvalue weighted by atomic mass is 9.90. The van der Waals surface area contributed by atoms with Crippen molar-refractivity contribution in [3.05, 3.63) is 71.8 Å². The Morgan fingerprint density at radius 2 is 1.21 bits per heavy atom. The molecule has 1 aliphatic heterocycles. The number of morpholine rings is 1. The molecule has 0 aromatic heterocycles. The average Bonchev–Trinajstić information content (AvgIpc) is 3.12. The molecule has 13 heteroatoms. The molecule has 5 atom stereocenters. The smallest absolute Gasteiger partial charge is 0.243 e. The van der Waals surface area contributed by atoms with Crippen molar-refractivity contribution in [1.82, 2.24) is 26.2 Å². The van der Waals surface area contributed by atoms with Crippen molar-refractivity contribution >= 4 is 29.4 Å². The standard InChI is InChI=1S/C40H59N5O8/c1-27(2)22-32(36(48)40(5,52)26-46)42-39(51)34(24-30-14-10-7-11-15-30)44-38(50)33(23-28(3)4)43-37(49)31(17-16-29-12-8-6-9-13-29)41-35(47)25-45-18-20-53-21-19-45/h6-15,27-28,31-34,46,52H,16-26H2,1-5H3,(H,41,47)(H,42,51)(H,43,49)(H,44,50)/t31-,32+,33+,34-,40-/m0/s1. The number of ketones is 1. The van der Waals surface area contributed by atoms with E-state index < -0.39 is 59.9 Å². The molecule has 0 saturated carbocycles. The van der Waals surface area contributed by atoms with Crippen molar-refractivity contribution in [3.63, 3.8) is 0 Å². The number of rotatable bonds is 21. The Morgan fingerprint density at radius 3 is 1.77 bits per heavy atom. The molecule has 0 radical (unpaired) electrons. The number of benzene rings is 2. The van der Waals surface area contributed by atoms with Crippen LogP contribution >= 0.6 is 0 Å². The van der Waals surface area contributed by atoms with Crippen LogP contribution in [-0.2, 0) is 41.6 Å². The van der Waals surface area contributed by atoms with E-state index in [1.54, 1.807) is 12.1 Å². The number of ether oxygens (including phenoxy) is 1. The van der Waals surface area contributed by atoms with Gasteiger partial charge in [0.25, 0.3) is 0 Å². The Labute approximate surface area is 313 Å². The number of carbonyl (C=O) groups is 5. The van der Waals surface area contributed by atoms with Crippen LogP contribution in [0.25, 0.3) is 0 Å². The zero-order valence-corrected chi connectivity index (χ0v) is 31.8. The van der Waals surface area contributed by atoms with Gasteiger partial charge in [0, 0.05) is 19.5 Å². The van der Waals surface area contributed by atoms with Crippen LogP contribution in [0.1, 0.15) is 65.0 Å². The Morgan fingerprint density at radius 1 is 0.717 bits per heavy atom. The summed E-state index contributed by atoms with van der Waals surface area (Å²) < 4.78 is 5.39. The van der Waals surface area contributed by atoms with Crippen LogP contribution in [0.4, 0.5) is 0 Å². The Hall–Kier alpha value is -4.17. The minimum atomic E-state index is -2.08. The second kappa shape index (κ2) is 21.5. The lowest BCUT2D eigenvalue weighted by molar-refractivity contribution is -0.144. The maximum absolute atomic E-state index is 14.1. The van der Waals surface area contributed by atoms with Crippen molar-refractivity contribution < 1.29 is 38.9 Å². The first-order valence-corrected chi connectivity index (χ1v) is 18.6. The van der Waals surface area contributed by atoms with Gasteiger partial charge in [-0.1, -0.05) is 88.4 Å². The number of nitrogens with zero attached hydrogens (tertiary/aromatic N) is 1. The van der Waals surface area contributed by atoms with E-state index in [1.807, 2.05) is 81.1 Å². The van der Waals surface area contributed by atoms with E-state index in [1.165, 1.54) is 6.92 Å². The number of aliphatic hydroxyl groups excluding tert-OH is 1. The highest BCUT2D eigenvalue weighted by Gasteiger charge is 2.38. The lowest BCUT2D eigenvalue weighted by Gasteiger charge is -2.30. The van der Waals surface area contributed by atoms with Crippen molar-refractivity contribution in [3.8, 4) is 0 Å². The van der Waals surface area contributed by atoms with E-state index in [4.69, 9.17) is 4.74 Å². The summed E-state index contributed by atoms with van der Waals surface area (Å²) in [5.74, 6) is -2.89. The minimum Gasteiger partial charge on any atom is -0.393 e. The molecule has 0 aliphatic carbocycles. The Bertz CT molecular complexity index is 1460. The van der Waals surface area contributed by atoms with Gasteiger partial charge in [-0.15, -0.1) is 0 Å². The number of Topliss-reactive ketones (excluding diaryl/α,β-unsaturated/α-hetero) is 1. The first kappa shape index (κ1) is 43.2. The van der Waals surface area contributed by atoms with Crippen LogP contribution in [0.3, 0.4) is 0 Å². The highest BCUT2D eigenvalue weighted by atomic mass is 16.5. The van der Waals surface area contributed by atoms with Gasteiger partial charge in [0.05, 0.1) is 32.4 Å². The topological polar surface area (TPSA) is 186 Å². The van der Waals surface area contributed by atoms with Gasteiger partial charge in [-0.25, -0.2) is 0 Å². The minimum absolute atomic E-state index is 0.0279. The van der Waals surface area contributed by atoms with Gasteiger partial charge in [-0.05, 0) is 55.6 Å². The number of carbonyl (C=O) groups excluding carboxylic acids is 5. The molecule has 0 unspecified atom stereocenters. The maximum Gasteiger partial charge on any atom is 0.243 e. The molecule has 292 valence electrons. The molecule has 6 N–H and O–H groups in total. The molecule has 1 saturated heterocycles. The summed E-state index contributed by atoms with van der Waals surface area (Å²) in [4.78, 5) is 70.2. The highest BCUT2D eigenvalue weighted by Crippen LogP contribution is 2.16. The predicted molar refractivity (Wildman–Crippen MR) is 202 cm³/mol. The van der Waals surface area contributed by atoms with Crippen LogP contribution in [-0.4, -0.2) is 114 Å². The van der Waals surface area contributed by atoms with Crippen molar-refractivity contribution in [1.29, 1.82) is 0 Å². The van der Waals surface area contributed by atoms with Crippen LogP contribution in [0.15, 0.2) is 60.7 Å². The molecule has 0 bridgehead atoms. The van der Waals surface area contributed by atoms with Gasteiger partial charge in [0.15, 0.2) is 5.78 Å². The summed E-state index contributed by atoms with van der Waals surface area (Å²) in [6, 6.07) is 14.4. The molecule has 13 nitrogen and oxygen atoms in total. The van der Waals surface area contributed by atoms with E-state index in [-0.39, 0.29) is 43.6 Å². The van der Waals surface area contributed by atoms with E-state index in [0.717, 1.165) is 11.1 Å². The quantitative estimate of drug-likeness (QED) is 0.111. The van der Waals surface area contributed by atoms with Gasteiger partial charge in [0.1, 0.15) is 23.7 Å². The highest BCUT2D eigenvalue weighted by molar-refractivity contribution is 5.97. The second-order valence-electron chi connectivity index (χ2n) is 15.0. The van der Waals surface area contributed by atoms with Crippen molar-refractivity contribution in [2.24, 2.45) is 11.8 Å². The van der Waals surface area contributed by atoms with Crippen LogP contribution in [0, 0.1) is 11.8 Å². The predicted octanol–water partition coefficient (Wildman–Crippen LogP) is 1.54. The summed E-state index contributed by atoms with van der Waals surface area (Å²) in [6.07, 6.45) is 1.33. The van der Waals surface area contributed by atoms with Crippen molar-refractivity contribution in [2.75, 3.05) is 39.5 Å². The van der Waals surface area contributed by atoms with Gasteiger partial charge in [-0.3, -0.25) is 28.9 Å². The molecule has 0 spiro atoms.